The summed E-state index contributed by atoms with van der Waals surface area (Å²) in [4.78, 5) is 3.77. The summed E-state index contributed by atoms with van der Waals surface area (Å²) in [5, 5.41) is -0.100. The van der Waals surface area contributed by atoms with E-state index in [-0.39, 0.29) is 16.8 Å². The van der Waals surface area contributed by atoms with Gasteiger partial charge in [-0.05, 0) is 13.8 Å². The summed E-state index contributed by atoms with van der Waals surface area (Å²) in [6.45, 7) is 3.67. The average molecular weight is 282 g/mol. The molecule has 0 unspecified atom stereocenters. The Morgan fingerprint density at radius 1 is 1.59 bits per heavy atom. The normalized spacial score (nSPS) is 13.0. The zero-order valence-electron chi connectivity index (χ0n) is 10.2. The van der Waals surface area contributed by atoms with Crippen LogP contribution in [0, 0.1) is 0 Å². The lowest BCUT2D eigenvalue weighted by atomic mass is 10.1. The molecule has 6 nitrogen and oxygen atoms in total. The molecule has 0 radical (unpaired) electrons. The van der Waals surface area contributed by atoms with Crippen molar-refractivity contribution in [3.63, 3.8) is 0 Å². The number of methoxy groups -OCH3 is 1. The van der Waals surface area contributed by atoms with E-state index in [1.807, 2.05) is 0 Å². The Kier molecular flexibility index (Phi) is 4.19. The van der Waals surface area contributed by atoms with E-state index in [1.54, 1.807) is 20.9 Å². The van der Waals surface area contributed by atoms with Gasteiger partial charge in [-0.15, -0.1) is 0 Å². The van der Waals surface area contributed by atoms with Gasteiger partial charge in [-0.1, -0.05) is 11.6 Å². The molecule has 8 heteroatoms. The summed E-state index contributed by atoms with van der Waals surface area (Å²) in [5.74, 6) is 0. The summed E-state index contributed by atoms with van der Waals surface area (Å²) in [6, 6.07) is 0. The minimum Gasteiger partial charge on any atom is -0.383 e. The van der Waals surface area contributed by atoms with Crippen LogP contribution in [0.1, 0.15) is 13.8 Å². The number of rotatable bonds is 5. The number of hydrogen-bond donors (Lipinski definition) is 1. The first-order valence-electron chi connectivity index (χ1n) is 4.89. The Balaban J connectivity index is 3.01. The number of hydrogen-bond acceptors (Lipinski definition) is 4. The molecule has 1 aromatic rings. The molecular formula is C9H16ClN3O3S. The first kappa shape index (κ1) is 14.4. The van der Waals surface area contributed by atoms with Crippen molar-refractivity contribution in [3.8, 4) is 0 Å². The molecule has 0 spiro atoms. The van der Waals surface area contributed by atoms with E-state index >= 15 is 0 Å². The summed E-state index contributed by atoms with van der Waals surface area (Å²) in [7, 11) is -0.620. The first-order chi connectivity index (χ1) is 7.69. The molecular weight excluding hydrogens is 266 g/mol. The minimum absolute atomic E-state index is 0.0747. The predicted molar refractivity (Wildman–Crippen MR) is 64.5 cm³/mol. The molecule has 1 rings (SSSR count). The number of imidazole rings is 1. The molecule has 1 N–H and O–H groups in total. The van der Waals surface area contributed by atoms with Crippen LogP contribution in [-0.2, 0) is 21.8 Å². The lowest BCUT2D eigenvalue weighted by Crippen LogP contribution is -2.46. The number of halogens is 1. The predicted octanol–water partition coefficient (Wildman–Crippen LogP) is 0.777. The largest absolute Gasteiger partial charge is 0.383 e. The van der Waals surface area contributed by atoms with Crippen molar-refractivity contribution in [1.82, 2.24) is 14.3 Å². The van der Waals surface area contributed by atoms with Gasteiger partial charge >= 0.3 is 0 Å². The van der Waals surface area contributed by atoms with Gasteiger partial charge in [-0.25, -0.2) is 18.1 Å². The Labute approximate surface area is 106 Å². The number of aryl methyl sites for hydroxylation is 1. The van der Waals surface area contributed by atoms with Gasteiger partial charge in [-0.3, -0.25) is 0 Å². The Hall–Kier alpha value is -0.630. The molecule has 0 amide bonds. The van der Waals surface area contributed by atoms with Crippen LogP contribution in [0.3, 0.4) is 0 Å². The lowest BCUT2D eigenvalue weighted by molar-refractivity contribution is 0.141. The van der Waals surface area contributed by atoms with Crippen molar-refractivity contribution < 1.29 is 13.2 Å². The fourth-order valence-electron chi connectivity index (χ4n) is 1.38. The van der Waals surface area contributed by atoms with E-state index in [2.05, 4.69) is 9.71 Å². The van der Waals surface area contributed by atoms with Crippen molar-refractivity contribution in [3.05, 3.63) is 11.5 Å². The molecule has 0 atom stereocenters. The highest BCUT2D eigenvalue weighted by molar-refractivity contribution is 7.89. The molecule has 0 aliphatic carbocycles. The van der Waals surface area contributed by atoms with Crippen LogP contribution in [-0.4, -0.2) is 37.2 Å². The highest BCUT2D eigenvalue weighted by Crippen LogP contribution is 2.20. The Morgan fingerprint density at radius 2 is 2.18 bits per heavy atom. The van der Waals surface area contributed by atoms with Gasteiger partial charge in [0.05, 0.1) is 18.5 Å². The Bertz CT molecular complexity index is 496. The molecule has 17 heavy (non-hydrogen) atoms. The van der Waals surface area contributed by atoms with E-state index in [1.165, 1.54) is 18.0 Å². The summed E-state index contributed by atoms with van der Waals surface area (Å²) < 4.78 is 32.9. The minimum atomic E-state index is -3.74. The second kappa shape index (κ2) is 4.93. The quantitative estimate of drug-likeness (QED) is 0.865. The van der Waals surface area contributed by atoms with E-state index in [0.29, 0.717) is 0 Å². The van der Waals surface area contributed by atoms with Crippen molar-refractivity contribution in [2.24, 2.45) is 7.05 Å². The SMILES string of the molecule is COCC(C)(C)NS(=O)(=O)c1ncn(C)c1Cl. The molecule has 1 heterocycles. The summed E-state index contributed by atoms with van der Waals surface area (Å²) in [6.07, 6.45) is 1.35. The maximum atomic E-state index is 12.0. The third kappa shape index (κ3) is 3.41. The van der Waals surface area contributed by atoms with Crippen LogP contribution in [0.25, 0.3) is 0 Å². The molecule has 98 valence electrons. The number of aromatic nitrogens is 2. The molecule has 0 saturated heterocycles. The Morgan fingerprint density at radius 3 is 2.59 bits per heavy atom. The highest BCUT2D eigenvalue weighted by Gasteiger charge is 2.29. The second-order valence-corrected chi connectivity index (χ2v) is 6.33. The summed E-state index contributed by atoms with van der Waals surface area (Å²) in [5.41, 5.74) is -0.728. The van der Waals surface area contributed by atoms with Gasteiger partial charge in [0.15, 0.2) is 0 Å². The molecule has 0 aliphatic heterocycles. The highest BCUT2D eigenvalue weighted by atomic mass is 35.5. The monoisotopic (exact) mass is 281 g/mol. The lowest BCUT2D eigenvalue weighted by Gasteiger charge is -2.24. The first-order valence-corrected chi connectivity index (χ1v) is 6.75. The van der Waals surface area contributed by atoms with Crippen molar-refractivity contribution in [2.45, 2.75) is 24.4 Å². The van der Waals surface area contributed by atoms with Crippen LogP contribution >= 0.6 is 11.6 Å². The molecule has 0 bridgehead atoms. The fourth-order valence-corrected chi connectivity index (χ4v) is 3.21. The van der Waals surface area contributed by atoms with Gasteiger partial charge in [0.25, 0.3) is 10.0 Å². The number of nitrogens with one attached hydrogen (secondary N) is 1. The van der Waals surface area contributed by atoms with Gasteiger partial charge in [0.1, 0.15) is 5.15 Å². The fraction of sp³-hybridized carbons (Fsp3) is 0.667. The maximum Gasteiger partial charge on any atom is 0.261 e. The van der Waals surface area contributed by atoms with Crippen molar-refractivity contribution in [2.75, 3.05) is 13.7 Å². The number of ether oxygens (including phenoxy) is 1. The molecule has 0 aromatic carbocycles. The van der Waals surface area contributed by atoms with Gasteiger partial charge < -0.3 is 9.30 Å². The van der Waals surface area contributed by atoms with E-state index in [4.69, 9.17) is 16.3 Å². The third-order valence-electron chi connectivity index (χ3n) is 2.00. The molecule has 1 aromatic heterocycles. The van der Waals surface area contributed by atoms with Crippen LogP contribution in [0.15, 0.2) is 11.4 Å². The van der Waals surface area contributed by atoms with Crippen molar-refractivity contribution in [1.29, 1.82) is 0 Å². The topological polar surface area (TPSA) is 73.2 Å². The van der Waals surface area contributed by atoms with E-state index in [0.717, 1.165) is 0 Å². The van der Waals surface area contributed by atoms with Gasteiger partial charge in [-0.2, -0.15) is 0 Å². The van der Waals surface area contributed by atoms with E-state index < -0.39 is 15.6 Å². The standard InChI is InChI=1S/C9H16ClN3O3S/c1-9(2,5-16-4)12-17(14,15)8-7(10)13(3)6-11-8/h6,12H,5H2,1-4H3. The zero-order valence-corrected chi connectivity index (χ0v) is 11.8. The van der Waals surface area contributed by atoms with Crippen LogP contribution in [0.4, 0.5) is 0 Å². The molecule has 0 aliphatic rings. The van der Waals surface area contributed by atoms with E-state index in [9.17, 15) is 8.42 Å². The van der Waals surface area contributed by atoms with Crippen LogP contribution in [0.2, 0.25) is 5.15 Å². The third-order valence-corrected chi connectivity index (χ3v) is 4.19. The maximum absolute atomic E-state index is 12.0. The second-order valence-electron chi connectivity index (χ2n) is 4.37. The zero-order chi connectivity index (χ0) is 13.3. The van der Waals surface area contributed by atoms with Gasteiger partial charge in [0, 0.05) is 14.2 Å². The van der Waals surface area contributed by atoms with Crippen molar-refractivity contribution >= 4 is 21.6 Å². The molecule has 0 saturated carbocycles. The van der Waals surface area contributed by atoms with Gasteiger partial charge in [0.2, 0.25) is 5.03 Å². The van der Waals surface area contributed by atoms with Crippen LogP contribution < -0.4 is 4.72 Å². The average Bonchev–Trinajstić information content (AvgIpc) is 2.45. The number of nitrogens with zero attached hydrogens (tertiary/aromatic N) is 2. The van der Waals surface area contributed by atoms with Crippen LogP contribution in [0.5, 0.6) is 0 Å². The number of sulfonamides is 1. The summed E-state index contributed by atoms with van der Waals surface area (Å²) >= 11 is 5.85. The molecule has 0 fully saturated rings. The smallest absolute Gasteiger partial charge is 0.261 e.